The summed E-state index contributed by atoms with van der Waals surface area (Å²) in [4.78, 5) is 28.9. The van der Waals surface area contributed by atoms with Crippen LogP contribution in [-0.4, -0.2) is 35.2 Å². The molecule has 1 aromatic heterocycles. The number of rotatable bonds is 7. The molecule has 2 aromatic rings. The van der Waals surface area contributed by atoms with Gasteiger partial charge in [-0.05, 0) is 33.3 Å². The molecule has 7 nitrogen and oxygen atoms in total. The summed E-state index contributed by atoms with van der Waals surface area (Å²) < 4.78 is 10.9. The van der Waals surface area contributed by atoms with Crippen LogP contribution in [0.2, 0.25) is 0 Å². The van der Waals surface area contributed by atoms with Gasteiger partial charge < -0.3 is 20.1 Å². The van der Waals surface area contributed by atoms with E-state index in [1.54, 1.807) is 20.8 Å². The molecule has 0 saturated carbocycles. The smallest absolute Gasteiger partial charge is 0.408 e. The number of ether oxygens (including phenoxy) is 2. The Labute approximate surface area is 163 Å². The van der Waals surface area contributed by atoms with Crippen LogP contribution in [0.25, 0.3) is 0 Å². The predicted molar refractivity (Wildman–Crippen MR) is 105 cm³/mol. The highest BCUT2D eigenvalue weighted by molar-refractivity contribution is 7.13. The van der Waals surface area contributed by atoms with Crippen molar-refractivity contribution < 1.29 is 19.1 Å². The van der Waals surface area contributed by atoms with Gasteiger partial charge in [0.25, 0.3) is 5.91 Å². The Balaban J connectivity index is 1.97. The lowest BCUT2D eigenvalue weighted by Crippen LogP contribution is -2.48. The van der Waals surface area contributed by atoms with Crippen molar-refractivity contribution in [2.75, 3.05) is 11.9 Å². The van der Waals surface area contributed by atoms with Crippen molar-refractivity contribution in [2.45, 2.75) is 45.9 Å². The zero-order valence-electron chi connectivity index (χ0n) is 15.9. The Hall–Kier alpha value is -2.45. The maximum absolute atomic E-state index is 12.6. The number of nitrogens with one attached hydrogen (secondary N) is 2. The van der Waals surface area contributed by atoms with Crippen molar-refractivity contribution in [3.8, 4) is 0 Å². The third kappa shape index (κ3) is 7.76. The van der Waals surface area contributed by atoms with Crippen LogP contribution in [0.4, 0.5) is 9.93 Å². The van der Waals surface area contributed by atoms with E-state index in [1.165, 1.54) is 11.3 Å². The van der Waals surface area contributed by atoms with Crippen molar-refractivity contribution in [2.24, 2.45) is 0 Å². The molecular formula is C19H25N3O4S. The van der Waals surface area contributed by atoms with E-state index in [0.29, 0.717) is 11.7 Å². The number of hydrogen-bond donors (Lipinski definition) is 2. The number of anilines is 1. The minimum absolute atomic E-state index is 0.00429. The van der Waals surface area contributed by atoms with Gasteiger partial charge in [-0.1, -0.05) is 30.3 Å². The van der Waals surface area contributed by atoms with Gasteiger partial charge >= 0.3 is 6.09 Å². The third-order valence-corrected chi connectivity index (χ3v) is 4.13. The van der Waals surface area contributed by atoms with Gasteiger partial charge in [0.1, 0.15) is 11.6 Å². The second-order valence-corrected chi connectivity index (χ2v) is 7.84. The molecule has 0 fully saturated rings. The minimum atomic E-state index is -0.909. The molecule has 1 aromatic carbocycles. The lowest BCUT2D eigenvalue weighted by Gasteiger charge is -2.23. The van der Waals surface area contributed by atoms with Gasteiger partial charge in [-0.25, -0.2) is 9.78 Å². The maximum atomic E-state index is 12.6. The Morgan fingerprint density at radius 3 is 2.52 bits per heavy atom. The van der Waals surface area contributed by atoms with Crippen LogP contribution in [-0.2, 0) is 20.9 Å². The number of benzene rings is 1. The van der Waals surface area contributed by atoms with E-state index < -0.39 is 23.6 Å². The van der Waals surface area contributed by atoms with E-state index in [1.807, 2.05) is 42.6 Å². The van der Waals surface area contributed by atoms with E-state index in [4.69, 9.17) is 9.47 Å². The molecule has 0 aliphatic carbocycles. The fraction of sp³-hybridized carbons (Fsp3) is 0.421. The highest BCUT2D eigenvalue weighted by Gasteiger charge is 2.25. The van der Waals surface area contributed by atoms with Gasteiger partial charge in [0.15, 0.2) is 5.13 Å². The molecule has 0 aliphatic heterocycles. The van der Waals surface area contributed by atoms with Crippen molar-refractivity contribution >= 4 is 28.5 Å². The summed E-state index contributed by atoms with van der Waals surface area (Å²) >= 11 is 1.32. The van der Waals surface area contributed by atoms with Crippen molar-refractivity contribution in [3.63, 3.8) is 0 Å². The van der Waals surface area contributed by atoms with Crippen LogP contribution in [0.5, 0.6) is 0 Å². The second-order valence-electron chi connectivity index (χ2n) is 6.98. The Bertz CT molecular complexity index is 756. The maximum Gasteiger partial charge on any atom is 0.408 e. The molecule has 2 rings (SSSR count). The number of aromatic nitrogens is 1. The van der Waals surface area contributed by atoms with Crippen LogP contribution in [0, 0.1) is 6.92 Å². The highest BCUT2D eigenvalue weighted by atomic mass is 32.1. The summed E-state index contributed by atoms with van der Waals surface area (Å²) in [5.74, 6) is -0.414. The first-order chi connectivity index (χ1) is 12.7. The summed E-state index contributed by atoms with van der Waals surface area (Å²) in [7, 11) is 0. The largest absolute Gasteiger partial charge is 0.444 e. The lowest BCUT2D eigenvalue weighted by molar-refractivity contribution is -0.119. The SMILES string of the molecule is Cc1csc(NC(=O)[C@H](COCc2ccccc2)NC(=O)OC(C)(C)C)n1. The first-order valence-corrected chi connectivity index (χ1v) is 9.45. The molecule has 0 spiro atoms. The second kappa shape index (κ2) is 9.48. The van der Waals surface area contributed by atoms with Crippen molar-refractivity contribution in [3.05, 3.63) is 47.0 Å². The first-order valence-electron chi connectivity index (χ1n) is 8.57. The van der Waals surface area contributed by atoms with Crippen LogP contribution in [0.1, 0.15) is 32.0 Å². The minimum Gasteiger partial charge on any atom is -0.444 e. The van der Waals surface area contributed by atoms with Crippen LogP contribution >= 0.6 is 11.3 Å². The zero-order chi connectivity index (χ0) is 19.9. The number of carbonyl (C=O) groups is 2. The zero-order valence-corrected chi connectivity index (χ0v) is 16.8. The monoisotopic (exact) mass is 391 g/mol. The lowest BCUT2D eigenvalue weighted by atomic mass is 10.2. The van der Waals surface area contributed by atoms with E-state index in [-0.39, 0.29) is 6.61 Å². The quantitative estimate of drug-likeness (QED) is 0.754. The molecule has 2 N–H and O–H groups in total. The average Bonchev–Trinajstić information content (AvgIpc) is 2.98. The Kier molecular flexibility index (Phi) is 7.32. The van der Waals surface area contributed by atoms with Gasteiger partial charge in [-0.2, -0.15) is 0 Å². The molecule has 1 atom stereocenters. The Morgan fingerprint density at radius 2 is 1.93 bits per heavy atom. The van der Waals surface area contributed by atoms with Crippen molar-refractivity contribution in [1.82, 2.24) is 10.3 Å². The molecule has 0 bridgehead atoms. The standard InChI is InChI=1S/C19H25N3O4S/c1-13-12-27-17(20-13)22-16(23)15(21-18(24)26-19(2,3)4)11-25-10-14-8-6-5-7-9-14/h5-9,12,15H,10-11H2,1-4H3,(H,21,24)(H,20,22,23)/t15-/m0/s1. The van der Waals surface area contributed by atoms with Gasteiger partial charge in [0.2, 0.25) is 0 Å². The normalized spacial score (nSPS) is 12.3. The summed E-state index contributed by atoms with van der Waals surface area (Å²) in [5, 5.41) is 7.56. The number of carbonyl (C=O) groups excluding carboxylic acids is 2. The van der Waals surface area contributed by atoms with E-state index >= 15 is 0 Å². The number of nitrogens with zero attached hydrogens (tertiary/aromatic N) is 1. The Morgan fingerprint density at radius 1 is 1.22 bits per heavy atom. The molecule has 0 saturated heterocycles. The summed E-state index contributed by atoms with van der Waals surface area (Å²) in [5.41, 5.74) is 1.12. The van der Waals surface area contributed by atoms with Gasteiger partial charge in [0.05, 0.1) is 18.9 Å². The van der Waals surface area contributed by atoms with Gasteiger partial charge in [-0.3, -0.25) is 4.79 Å². The van der Waals surface area contributed by atoms with Crippen LogP contribution < -0.4 is 10.6 Å². The molecule has 0 aliphatic rings. The highest BCUT2D eigenvalue weighted by Crippen LogP contribution is 2.15. The molecule has 0 radical (unpaired) electrons. The number of aryl methyl sites for hydroxylation is 1. The van der Waals surface area contributed by atoms with Crippen molar-refractivity contribution in [1.29, 1.82) is 0 Å². The molecule has 8 heteroatoms. The molecule has 27 heavy (non-hydrogen) atoms. The number of thiazole rings is 1. The number of amides is 2. The predicted octanol–water partition coefficient (Wildman–Crippen LogP) is 3.50. The molecule has 146 valence electrons. The third-order valence-electron chi connectivity index (χ3n) is 3.25. The summed E-state index contributed by atoms with van der Waals surface area (Å²) in [6.45, 7) is 7.44. The molecular weight excluding hydrogens is 366 g/mol. The summed E-state index contributed by atoms with van der Waals surface area (Å²) in [6.07, 6.45) is -0.679. The van der Waals surface area contributed by atoms with E-state index in [0.717, 1.165) is 11.3 Å². The first kappa shape index (κ1) is 20.9. The summed E-state index contributed by atoms with van der Waals surface area (Å²) in [6, 6.07) is 8.68. The van der Waals surface area contributed by atoms with Gasteiger partial charge in [0, 0.05) is 5.38 Å². The fourth-order valence-corrected chi connectivity index (χ4v) is 2.80. The molecule has 2 amide bonds. The van der Waals surface area contributed by atoms with Crippen LogP contribution in [0.3, 0.4) is 0 Å². The number of hydrogen-bond acceptors (Lipinski definition) is 6. The molecule has 1 heterocycles. The van der Waals surface area contributed by atoms with Gasteiger partial charge in [-0.15, -0.1) is 11.3 Å². The molecule has 0 unspecified atom stereocenters. The van der Waals surface area contributed by atoms with E-state index in [2.05, 4.69) is 15.6 Å². The van der Waals surface area contributed by atoms with Crippen LogP contribution in [0.15, 0.2) is 35.7 Å². The topological polar surface area (TPSA) is 89.6 Å². The number of alkyl carbamates (subject to hydrolysis) is 1. The van der Waals surface area contributed by atoms with E-state index in [9.17, 15) is 9.59 Å². The fourth-order valence-electron chi connectivity index (χ4n) is 2.11. The average molecular weight is 391 g/mol.